The minimum Gasteiger partial charge on any atom is -0.294 e. The van der Waals surface area contributed by atoms with E-state index >= 15 is 0 Å². The second kappa shape index (κ2) is 3.56. The Morgan fingerprint density at radius 2 is 1.79 bits per heavy atom. The topological polar surface area (TPSA) is 17.1 Å². The van der Waals surface area contributed by atoms with Crippen LogP contribution in [0.25, 0.3) is 0 Å². The Morgan fingerprint density at radius 3 is 2.21 bits per heavy atom. The lowest BCUT2D eigenvalue weighted by atomic mass is 10.1. The zero-order valence-corrected chi connectivity index (χ0v) is 9.27. The SMILES string of the molecule is C[C@H]1C[C@@H]1C(=O)c1cc(Cl)cc(Cl)c1. The molecule has 2 rings (SSSR count). The van der Waals surface area contributed by atoms with Gasteiger partial charge in [0.05, 0.1) is 0 Å². The number of hydrogen-bond donors (Lipinski definition) is 0. The van der Waals surface area contributed by atoms with Crippen molar-refractivity contribution in [1.29, 1.82) is 0 Å². The molecule has 0 spiro atoms. The highest BCUT2D eigenvalue weighted by molar-refractivity contribution is 6.35. The van der Waals surface area contributed by atoms with Gasteiger partial charge in [-0.2, -0.15) is 0 Å². The first-order valence-corrected chi connectivity index (χ1v) is 5.34. The Balaban J connectivity index is 2.27. The van der Waals surface area contributed by atoms with Gasteiger partial charge in [-0.05, 0) is 30.5 Å². The molecule has 0 aliphatic heterocycles. The van der Waals surface area contributed by atoms with E-state index < -0.39 is 0 Å². The van der Waals surface area contributed by atoms with Crippen molar-refractivity contribution in [3.05, 3.63) is 33.8 Å². The van der Waals surface area contributed by atoms with Crippen molar-refractivity contribution < 1.29 is 4.79 Å². The predicted octanol–water partition coefficient (Wildman–Crippen LogP) is 3.83. The van der Waals surface area contributed by atoms with Gasteiger partial charge in [-0.3, -0.25) is 4.79 Å². The van der Waals surface area contributed by atoms with Gasteiger partial charge in [-0.15, -0.1) is 0 Å². The first-order valence-electron chi connectivity index (χ1n) is 4.58. The van der Waals surface area contributed by atoms with E-state index in [1.807, 2.05) is 0 Å². The predicted molar refractivity (Wildman–Crippen MR) is 58.1 cm³/mol. The lowest BCUT2D eigenvalue weighted by Crippen LogP contribution is -2.02. The molecule has 1 nitrogen and oxygen atoms in total. The summed E-state index contributed by atoms with van der Waals surface area (Å²) in [6.07, 6.45) is 0.989. The highest BCUT2D eigenvalue weighted by Gasteiger charge is 2.39. The molecule has 0 amide bonds. The van der Waals surface area contributed by atoms with E-state index in [0.717, 1.165) is 6.42 Å². The molecule has 1 saturated carbocycles. The van der Waals surface area contributed by atoms with Gasteiger partial charge in [0, 0.05) is 21.5 Å². The third-order valence-corrected chi connectivity index (χ3v) is 3.03. The van der Waals surface area contributed by atoms with Gasteiger partial charge < -0.3 is 0 Å². The van der Waals surface area contributed by atoms with Crippen molar-refractivity contribution in [2.24, 2.45) is 11.8 Å². The van der Waals surface area contributed by atoms with Crippen LogP contribution in [0.5, 0.6) is 0 Å². The molecule has 1 aliphatic rings. The van der Waals surface area contributed by atoms with Gasteiger partial charge in [-0.1, -0.05) is 30.1 Å². The van der Waals surface area contributed by atoms with E-state index in [-0.39, 0.29) is 11.7 Å². The molecular weight excluding hydrogens is 219 g/mol. The standard InChI is InChI=1S/C11H10Cl2O/c1-6-2-10(6)11(14)7-3-8(12)5-9(13)4-7/h3-6,10H,2H2,1H3/t6-,10-/m0/s1. The molecule has 1 fully saturated rings. The number of rotatable bonds is 2. The van der Waals surface area contributed by atoms with E-state index in [2.05, 4.69) is 6.92 Å². The summed E-state index contributed by atoms with van der Waals surface area (Å²) in [5.74, 6) is 0.867. The minimum atomic E-state index is 0.168. The third-order valence-electron chi connectivity index (χ3n) is 2.59. The van der Waals surface area contributed by atoms with Crippen LogP contribution >= 0.6 is 23.2 Å². The number of Topliss-reactive ketones (excluding diaryl/α,β-unsaturated/α-hetero) is 1. The maximum atomic E-state index is 11.8. The largest absolute Gasteiger partial charge is 0.294 e. The molecule has 0 saturated heterocycles. The molecule has 1 aliphatic carbocycles. The molecule has 0 bridgehead atoms. The Labute approximate surface area is 93.0 Å². The summed E-state index contributed by atoms with van der Waals surface area (Å²) >= 11 is 11.6. The molecule has 14 heavy (non-hydrogen) atoms. The van der Waals surface area contributed by atoms with Crippen LogP contribution < -0.4 is 0 Å². The van der Waals surface area contributed by atoms with E-state index in [4.69, 9.17) is 23.2 Å². The number of halogens is 2. The second-order valence-electron chi connectivity index (χ2n) is 3.84. The summed E-state index contributed by atoms with van der Waals surface area (Å²) in [7, 11) is 0. The Morgan fingerprint density at radius 1 is 1.29 bits per heavy atom. The van der Waals surface area contributed by atoms with Crippen LogP contribution in [0, 0.1) is 11.8 Å². The van der Waals surface area contributed by atoms with Crippen LogP contribution in [0.1, 0.15) is 23.7 Å². The highest BCUT2D eigenvalue weighted by atomic mass is 35.5. The summed E-state index contributed by atoms with van der Waals surface area (Å²) in [5.41, 5.74) is 0.636. The van der Waals surface area contributed by atoms with Crippen LogP contribution in [-0.4, -0.2) is 5.78 Å². The van der Waals surface area contributed by atoms with Crippen LogP contribution in [0.15, 0.2) is 18.2 Å². The van der Waals surface area contributed by atoms with E-state index in [1.54, 1.807) is 18.2 Å². The average Bonchev–Trinajstić information content (AvgIpc) is 2.79. The fourth-order valence-corrected chi connectivity index (χ4v) is 2.12. The van der Waals surface area contributed by atoms with Gasteiger partial charge in [0.2, 0.25) is 0 Å². The molecule has 0 radical (unpaired) electrons. The number of ketones is 1. The second-order valence-corrected chi connectivity index (χ2v) is 4.71. The summed E-state index contributed by atoms with van der Waals surface area (Å²) in [5, 5.41) is 1.04. The van der Waals surface area contributed by atoms with Gasteiger partial charge in [0.15, 0.2) is 5.78 Å². The summed E-state index contributed by atoms with van der Waals surface area (Å²) < 4.78 is 0. The van der Waals surface area contributed by atoms with Crippen molar-refractivity contribution in [1.82, 2.24) is 0 Å². The molecule has 74 valence electrons. The molecule has 0 unspecified atom stereocenters. The highest BCUT2D eigenvalue weighted by Crippen LogP contribution is 2.40. The Bertz CT molecular complexity index is 367. The first kappa shape index (κ1) is 10.0. The third kappa shape index (κ3) is 1.94. The van der Waals surface area contributed by atoms with Crippen LogP contribution in [-0.2, 0) is 0 Å². The summed E-state index contributed by atoms with van der Waals surface area (Å²) in [4.78, 5) is 11.8. The molecule has 1 aromatic carbocycles. The van der Waals surface area contributed by atoms with Gasteiger partial charge in [0.1, 0.15) is 0 Å². The fourth-order valence-electron chi connectivity index (χ4n) is 1.60. The monoisotopic (exact) mass is 228 g/mol. The number of carbonyl (C=O) groups excluding carboxylic acids is 1. The summed E-state index contributed by atoms with van der Waals surface area (Å²) in [6, 6.07) is 5.00. The van der Waals surface area contributed by atoms with Crippen LogP contribution in [0.3, 0.4) is 0 Å². The molecule has 0 N–H and O–H groups in total. The smallest absolute Gasteiger partial charge is 0.166 e. The molecule has 3 heteroatoms. The van der Waals surface area contributed by atoms with Crippen molar-refractivity contribution in [3.8, 4) is 0 Å². The Kier molecular flexibility index (Phi) is 2.54. The van der Waals surface area contributed by atoms with Gasteiger partial charge >= 0.3 is 0 Å². The van der Waals surface area contributed by atoms with Crippen molar-refractivity contribution in [3.63, 3.8) is 0 Å². The molecule has 2 atom stereocenters. The fraction of sp³-hybridized carbons (Fsp3) is 0.364. The normalized spacial score (nSPS) is 24.8. The zero-order chi connectivity index (χ0) is 10.3. The van der Waals surface area contributed by atoms with Crippen molar-refractivity contribution in [2.45, 2.75) is 13.3 Å². The molecule has 0 heterocycles. The summed E-state index contributed by atoms with van der Waals surface area (Å²) in [6.45, 7) is 2.08. The molecule has 1 aromatic rings. The zero-order valence-electron chi connectivity index (χ0n) is 7.76. The lowest BCUT2D eigenvalue weighted by Gasteiger charge is -2.01. The quantitative estimate of drug-likeness (QED) is 0.704. The van der Waals surface area contributed by atoms with E-state index in [0.29, 0.717) is 21.5 Å². The molecular formula is C11H10Cl2O. The van der Waals surface area contributed by atoms with Gasteiger partial charge in [-0.25, -0.2) is 0 Å². The number of carbonyl (C=O) groups is 1. The van der Waals surface area contributed by atoms with Gasteiger partial charge in [0.25, 0.3) is 0 Å². The van der Waals surface area contributed by atoms with Crippen LogP contribution in [0.2, 0.25) is 10.0 Å². The van der Waals surface area contributed by atoms with Crippen LogP contribution in [0.4, 0.5) is 0 Å². The maximum Gasteiger partial charge on any atom is 0.166 e. The minimum absolute atomic E-state index is 0.168. The average molecular weight is 229 g/mol. The van der Waals surface area contributed by atoms with Crippen molar-refractivity contribution in [2.75, 3.05) is 0 Å². The number of benzene rings is 1. The lowest BCUT2D eigenvalue weighted by molar-refractivity contribution is 0.0962. The number of hydrogen-bond acceptors (Lipinski definition) is 1. The van der Waals surface area contributed by atoms with E-state index in [1.165, 1.54) is 0 Å². The Hall–Kier alpha value is -0.530. The molecule has 0 aromatic heterocycles. The maximum absolute atomic E-state index is 11.8. The van der Waals surface area contributed by atoms with E-state index in [9.17, 15) is 4.79 Å². The first-order chi connectivity index (χ1) is 6.58. The van der Waals surface area contributed by atoms with Crippen molar-refractivity contribution >= 4 is 29.0 Å².